The van der Waals surface area contributed by atoms with Crippen LogP contribution in [0.5, 0.6) is 23.1 Å². The van der Waals surface area contributed by atoms with Gasteiger partial charge in [-0.25, -0.2) is 9.37 Å². The number of aliphatic hydroxyl groups is 1. The minimum Gasteiger partial charge on any atom is -0.493 e. The van der Waals surface area contributed by atoms with Crippen LogP contribution in [0, 0.1) is 5.82 Å². The van der Waals surface area contributed by atoms with E-state index in [0.29, 0.717) is 23.8 Å². The summed E-state index contributed by atoms with van der Waals surface area (Å²) in [6.45, 7) is 1.18. The third-order valence-corrected chi connectivity index (χ3v) is 5.01. The summed E-state index contributed by atoms with van der Waals surface area (Å²) in [4.78, 5) is 6.07. The lowest BCUT2D eigenvalue weighted by Crippen LogP contribution is -2.25. The van der Waals surface area contributed by atoms with Crippen molar-refractivity contribution in [2.75, 3.05) is 25.1 Å². The Morgan fingerprint density at radius 1 is 1.13 bits per heavy atom. The minimum atomic E-state index is -0.468. The van der Waals surface area contributed by atoms with E-state index in [4.69, 9.17) is 14.2 Å². The lowest BCUT2D eigenvalue weighted by atomic mass is 10.1. The van der Waals surface area contributed by atoms with Gasteiger partial charge in [0.25, 0.3) is 5.88 Å². The number of benzene rings is 2. The van der Waals surface area contributed by atoms with E-state index in [2.05, 4.69) is 9.88 Å². The first kappa shape index (κ1) is 20.0. The van der Waals surface area contributed by atoms with Gasteiger partial charge < -0.3 is 24.2 Å². The van der Waals surface area contributed by atoms with Crippen molar-refractivity contribution >= 4 is 5.69 Å². The Morgan fingerprint density at radius 2 is 1.97 bits per heavy atom. The van der Waals surface area contributed by atoms with E-state index in [0.717, 1.165) is 24.2 Å². The largest absolute Gasteiger partial charge is 0.493 e. The number of rotatable bonds is 7. The Labute approximate surface area is 174 Å². The number of anilines is 1. The Kier molecular flexibility index (Phi) is 5.99. The molecular weight excluding hydrogens is 387 g/mol. The molecule has 6 nitrogen and oxygen atoms in total. The highest BCUT2D eigenvalue weighted by atomic mass is 19.1. The van der Waals surface area contributed by atoms with Crippen LogP contribution in [-0.2, 0) is 6.61 Å². The van der Waals surface area contributed by atoms with Crippen LogP contribution in [0.3, 0.4) is 0 Å². The molecule has 1 saturated heterocycles. The number of aromatic nitrogens is 1. The molecule has 3 aromatic rings. The van der Waals surface area contributed by atoms with Crippen molar-refractivity contribution in [3.05, 3.63) is 72.2 Å². The van der Waals surface area contributed by atoms with Crippen molar-refractivity contribution < 1.29 is 23.7 Å². The van der Waals surface area contributed by atoms with Gasteiger partial charge >= 0.3 is 0 Å². The summed E-state index contributed by atoms with van der Waals surface area (Å²) in [5.41, 5.74) is 1.64. The highest BCUT2D eigenvalue weighted by molar-refractivity contribution is 5.58. The van der Waals surface area contributed by atoms with E-state index < -0.39 is 5.82 Å². The van der Waals surface area contributed by atoms with E-state index in [9.17, 15) is 9.50 Å². The van der Waals surface area contributed by atoms with Crippen LogP contribution in [0.25, 0.3) is 0 Å². The van der Waals surface area contributed by atoms with Crippen molar-refractivity contribution in [2.45, 2.75) is 19.1 Å². The molecule has 7 heteroatoms. The van der Waals surface area contributed by atoms with Crippen LogP contribution in [0.4, 0.5) is 10.1 Å². The summed E-state index contributed by atoms with van der Waals surface area (Å²) in [6.07, 6.45) is 2.07. The number of pyridine rings is 1. The Balaban J connectivity index is 1.47. The SMILES string of the molecule is COc1ccccc1Oc1ccc(N2CCC(Oc3ncccc3F)C2)c(CO)c1. The molecule has 0 spiro atoms. The zero-order valence-electron chi connectivity index (χ0n) is 16.6. The molecule has 30 heavy (non-hydrogen) atoms. The molecule has 0 aliphatic carbocycles. The Hall–Kier alpha value is -3.32. The van der Waals surface area contributed by atoms with Crippen LogP contribution in [0.1, 0.15) is 12.0 Å². The number of para-hydroxylation sites is 2. The fourth-order valence-electron chi connectivity index (χ4n) is 3.55. The van der Waals surface area contributed by atoms with Gasteiger partial charge in [-0.2, -0.15) is 0 Å². The van der Waals surface area contributed by atoms with Gasteiger partial charge in [0.15, 0.2) is 17.3 Å². The van der Waals surface area contributed by atoms with Gasteiger partial charge in [-0.05, 0) is 42.5 Å². The highest BCUT2D eigenvalue weighted by Crippen LogP contribution is 2.34. The highest BCUT2D eigenvalue weighted by Gasteiger charge is 2.27. The second-order valence-electron chi connectivity index (χ2n) is 6.97. The normalized spacial score (nSPS) is 15.8. The number of hydrogen-bond donors (Lipinski definition) is 1. The first-order valence-corrected chi connectivity index (χ1v) is 9.74. The maximum Gasteiger partial charge on any atom is 0.250 e. The summed E-state index contributed by atoms with van der Waals surface area (Å²) >= 11 is 0. The number of methoxy groups -OCH3 is 1. The molecule has 0 bridgehead atoms. The molecule has 0 amide bonds. The topological polar surface area (TPSA) is 64.1 Å². The molecule has 2 heterocycles. The molecule has 1 atom stereocenters. The Morgan fingerprint density at radius 3 is 2.73 bits per heavy atom. The number of hydrogen-bond acceptors (Lipinski definition) is 6. The van der Waals surface area contributed by atoms with E-state index in [1.165, 1.54) is 18.3 Å². The smallest absolute Gasteiger partial charge is 0.250 e. The molecule has 1 unspecified atom stereocenters. The first-order chi connectivity index (χ1) is 14.7. The average molecular weight is 410 g/mol. The molecule has 1 aliphatic rings. The van der Waals surface area contributed by atoms with E-state index in [1.54, 1.807) is 7.11 Å². The van der Waals surface area contributed by atoms with E-state index in [1.807, 2.05) is 42.5 Å². The second kappa shape index (κ2) is 9.00. The van der Waals surface area contributed by atoms with Crippen LogP contribution >= 0.6 is 0 Å². The van der Waals surface area contributed by atoms with Crippen molar-refractivity contribution in [2.24, 2.45) is 0 Å². The molecule has 0 saturated carbocycles. The van der Waals surface area contributed by atoms with Gasteiger partial charge in [-0.1, -0.05) is 12.1 Å². The third-order valence-electron chi connectivity index (χ3n) is 5.01. The lowest BCUT2D eigenvalue weighted by molar-refractivity contribution is 0.205. The maximum atomic E-state index is 13.8. The summed E-state index contributed by atoms with van der Waals surface area (Å²) in [7, 11) is 1.59. The molecule has 2 aromatic carbocycles. The number of aliphatic hydroxyl groups excluding tert-OH is 1. The summed E-state index contributed by atoms with van der Waals surface area (Å²) < 4.78 is 30.8. The third kappa shape index (κ3) is 4.31. The van der Waals surface area contributed by atoms with Gasteiger partial charge in [0.2, 0.25) is 0 Å². The number of halogens is 1. The molecular formula is C23H23FN2O4. The standard InChI is InChI=1S/C23H23FN2O4/c1-28-21-6-2-3-7-22(21)29-17-8-9-20(16(13-17)15-27)26-12-10-18(14-26)30-23-19(24)5-4-11-25-23/h2-9,11,13,18,27H,10,12,14-15H2,1H3. The van der Waals surface area contributed by atoms with Gasteiger partial charge in [0, 0.05) is 30.4 Å². The van der Waals surface area contributed by atoms with Gasteiger partial charge in [0.05, 0.1) is 20.3 Å². The van der Waals surface area contributed by atoms with E-state index in [-0.39, 0.29) is 18.6 Å². The molecule has 4 rings (SSSR count). The van der Waals surface area contributed by atoms with Gasteiger partial charge in [-0.15, -0.1) is 0 Å². The lowest BCUT2D eigenvalue weighted by Gasteiger charge is -2.22. The van der Waals surface area contributed by atoms with Crippen LogP contribution < -0.4 is 19.1 Å². The molecule has 1 N–H and O–H groups in total. The first-order valence-electron chi connectivity index (χ1n) is 9.74. The number of ether oxygens (including phenoxy) is 3. The van der Waals surface area contributed by atoms with Gasteiger partial charge in [0.1, 0.15) is 11.9 Å². The summed E-state index contributed by atoms with van der Waals surface area (Å²) in [5.74, 6) is 1.39. The van der Waals surface area contributed by atoms with Crippen LogP contribution in [0.15, 0.2) is 60.8 Å². The zero-order valence-corrected chi connectivity index (χ0v) is 16.6. The minimum absolute atomic E-state index is 0.0206. The zero-order chi connectivity index (χ0) is 20.9. The fraction of sp³-hybridized carbons (Fsp3) is 0.261. The fourth-order valence-corrected chi connectivity index (χ4v) is 3.55. The predicted octanol–water partition coefficient (Wildman–Crippen LogP) is 4.17. The number of nitrogens with zero attached hydrogens (tertiary/aromatic N) is 2. The summed E-state index contributed by atoms with van der Waals surface area (Å²) in [5, 5.41) is 9.91. The molecule has 1 aliphatic heterocycles. The van der Waals surface area contributed by atoms with Crippen molar-refractivity contribution in [3.8, 4) is 23.1 Å². The molecule has 1 aromatic heterocycles. The summed E-state index contributed by atoms with van der Waals surface area (Å²) in [6, 6.07) is 15.8. The van der Waals surface area contributed by atoms with E-state index >= 15 is 0 Å². The monoisotopic (exact) mass is 410 g/mol. The van der Waals surface area contributed by atoms with Gasteiger partial charge in [-0.3, -0.25) is 0 Å². The van der Waals surface area contributed by atoms with Crippen LogP contribution in [-0.4, -0.2) is 36.4 Å². The molecule has 156 valence electrons. The van der Waals surface area contributed by atoms with Crippen molar-refractivity contribution in [1.82, 2.24) is 4.98 Å². The Bertz CT molecular complexity index is 1010. The maximum absolute atomic E-state index is 13.8. The molecule has 0 radical (unpaired) electrons. The predicted molar refractivity (Wildman–Crippen MR) is 111 cm³/mol. The quantitative estimate of drug-likeness (QED) is 0.631. The van der Waals surface area contributed by atoms with Crippen molar-refractivity contribution in [1.29, 1.82) is 0 Å². The van der Waals surface area contributed by atoms with Crippen molar-refractivity contribution in [3.63, 3.8) is 0 Å². The second-order valence-corrected chi connectivity index (χ2v) is 6.97. The van der Waals surface area contributed by atoms with Crippen LogP contribution in [0.2, 0.25) is 0 Å². The molecule has 1 fully saturated rings. The average Bonchev–Trinajstić information content (AvgIpc) is 3.24.